The fourth-order valence-electron chi connectivity index (χ4n) is 5.12. The van der Waals surface area contributed by atoms with Crippen molar-refractivity contribution < 1.29 is 9.13 Å². The Labute approximate surface area is 200 Å². The Bertz CT molecular complexity index is 1040. The number of halogens is 1. The molecule has 0 aliphatic carbocycles. The number of likely N-dealkylation sites (tertiary alicyclic amines) is 1. The third kappa shape index (κ3) is 5.18. The Morgan fingerprint density at radius 1 is 1.21 bits per heavy atom. The van der Waals surface area contributed by atoms with Crippen molar-refractivity contribution in [1.82, 2.24) is 14.9 Å². The smallest absolute Gasteiger partial charge is 0.176 e. The van der Waals surface area contributed by atoms with Crippen molar-refractivity contribution in [1.29, 1.82) is 0 Å². The second kappa shape index (κ2) is 10.00. The molecular weight excluding hydrogens is 433 g/mol. The molecule has 6 heteroatoms. The number of thiophene rings is 1. The average Bonchev–Trinajstić information content (AvgIpc) is 3.44. The van der Waals surface area contributed by atoms with E-state index in [0.29, 0.717) is 6.61 Å². The van der Waals surface area contributed by atoms with E-state index in [1.165, 1.54) is 16.9 Å². The molecule has 33 heavy (non-hydrogen) atoms. The lowest BCUT2D eigenvalue weighted by atomic mass is 9.74. The summed E-state index contributed by atoms with van der Waals surface area (Å²) in [6, 6.07) is 11.9. The molecule has 3 aromatic heterocycles. The summed E-state index contributed by atoms with van der Waals surface area (Å²) >= 11 is 1.25. The van der Waals surface area contributed by atoms with Crippen molar-refractivity contribution in [3.05, 3.63) is 81.8 Å². The molecule has 0 radical (unpaired) electrons. The summed E-state index contributed by atoms with van der Waals surface area (Å²) in [6.45, 7) is 11.2. The standard InChI is InChI=1S/C27H34FN3OS/c1-5-32-25(21-7-6-15-29-17-21)27(13-12-23-10-11-24(28)33-23)14-16-31(19-27)26(3,4)22-9-8-20(2)30-18-22/h6-11,15,17-18,25H,5,12-14,16,19H2,1-4H3. The summed E-state index contributed by atoms with van der Waals surface area (Å²) in [5, 5.41) is -0.117. The van der Waals surface area contributed by atoms with Crippen LogP contribution in [0.15, 0.2) is 55.0 Å². The zero-order chi connectivity index (χ0) is 23.5. The van der Waals surface area contributed by atoms with Crippen LogP contribution in [0, 0.1) is 17.5 Å². The predicted molar refractivity (Wildman–Crippen MR) is 132 cm³/mol. The monoisotopic (exact) mass is 467 g/mol. The van der Waals surface area contributed by atoms with Crippen LogP contribution in [0.4, 0.5) is 4.39 Å². The average molecular weight is 468 g/mol. The fourth-order valence-corrected chi connectivity index (χ4v) is 5.84. The highest BCUT2D eigenvalue weighted by Gasteiger charge is 2.49. The van der Waals surface area contributed by atoms with E-state index < -0.39 is 0 Å². The van der Waals surface area contributed by atoms with E-state index in [0.717, 1.165) is 48.5 Å². The number of ether oxygens (including phenoxy) is 1. The van der Waals surface area contributed by atoms with Gasteiger partial charge in [-0.2, -0.15) is 4.39 Å². The maximum atomic E-state index is 13.7. The summed E-state index contributed by atoms with van der Waals surface area (Å²) in [5.74, 6) is 0. The van der Waals surface area contributed by atoms with Gasteiger partial charge in [-0.3, -0.25) is 14.9 Å². The molecular formula is C27H34FN3OS. The first-order valence-electron chi connectivity index (χ1n) is 11.8. The van der Waals surface area contributed by atoms with Crippen LogP contribution < -0.4 is 0 Å². The number of hydrogen-bond acceptors (Lipinski definition) is 5. The van der Waals surface area contributed by atoms with Gasteiger partial charge in [0.1, 0.15) is 0 Å². The molecule has 0 saturated carbocycles. The first kappa shape index (κ1) is 24.0. The van der Waals surface area contributed by atoms with Crippen LogP contribution in [0.5, 0.6) is 0 Å². The molecule has 4 rings (SSSR count). The lowest BCUT2D eigenvalue weighted by Gasteiger charge is -2.41. The minimum atomic E-state index is -0.150. The van der Waals surface area contributed by atoms with E-state index in [1.807, 2.05) is 37.6 Å². The molecule has 2 atom stereocenters. The Hall–Kier alpha value is -2.15. The van der Waals surface area contributed by atoms with Crippen LogP contribution in [0.2, 0.25) is 0 Å². The Kier molecular flexibility index (Phi) is 7.27. The minimum Gasteiger partial charge on any atom is -0.373 e. The number of nitrogens with zero attached hydrogens (tertiary/aromatic N) is 3. The first-order valence-corrected chi connectivity index (χ1v) is 12.6. The third-order valence-electron chi connectivity index (χ3n) is 7.17. The van der Waals surface area contributed by atoms with Gasteiger partial charge in [0, 0.05) is 53.3 Å². The quantitative estimate of drug-likeness (QED) is 0.369. The van der Waals surface area contributed by atoms with Crippen LogP contribution in [0.3, 0.4) is 0 Å². The molecule has 176 valence electrons. The Balaban J connectivity index is 1.66. The van der Waals surface area contributed by atoms with Gasteiger partial charge in [-0.15, -0.1) is 11.3 Å². The van der Waals surface area contributed by atoms with Crippen LogP contribution in [0.25, 0.3) is 0 Å². The fraction of sp³-hybridized carbons (Fsp3) is 0.481. The van der Waals surface area contributed by atoms with Gasteiger partial charge in [0.25, 0.3) is 0 Å². The van der Waals surface area contributed by atoms with Gasteiger partial charge in [0.05, 0.1) is 6.10 Å². The van der Waals surface area contributed by atoms with Crippen LogP contribution in [-0.4, -0.2) is 34.6 Å². The number of pyridine rings is 2. The predicted octanol–water partition coefficient (Wildman–Crippen LogP) is 6.32. The van der Waals surface area contributed by atoms with Crippen LogP contribution in [0.1, 0.15) is 61.4 Å². The summed E-state index contributed by atoms with van der Waals surface area (Å²) in [4.78, 5) is 12.6. The van der Waals surface area contributed by atoms with Gasteiger partial charge in [-0.05, 0) is 88.9 Å². The lowest BCUT2D eigenvalue weighted by molar-refractivity contribution is -0.0437. The molecule has 4 heterocycles. The van der Waals surface area contributed by atoms with E-state index in [9.17, 15) is 4.39 Å². The topological polar surface area (TPSA) is 38.2 Å². The summed E-state index contributed by atoms with van der Waals surface area (Å²) in [7, 11) is 0. The van der Waals surface area contributed by atoms with Gasteiger partial charge < -0.3 is 4.74 Å². The summed E-state index contributed by atoms with van der Waals surface area (Å²) in [5.41, 5.74) is 3.13. The van der Waals surface area contributed by atoms with E-state index in [-0.39, 0.29) is 22.2 Å². The van der Waals surface area contributed by atoms with Crippen molar-refractivity contribution in [3.63, 3.8) is 0 Å². The van der Waals surface area contributed by atoms with Gasteiger partial charge in [-0.1, -0.05) is 12.1 Å². The molecule has 0 amide bonds. The van der Waals surface area contributed by atoms with Crippen molar-refractivity contribution in [2.75, 3.05) is 19.7 Å². The molecule has 3 aromatic rings. The lowest BCUT2D eigenvalue weighted by Crippen LogP contribution is -2.43. The number of aryl methyl sites for hydroxylation is 2. The summed E-state index contributed by atoms with van der Waals surface area (Å²) < 4.78 is 20.1. The van der Waals surface area contributed by atoms with Gasteiger partial charge in [0.15, 0.2) is 5.13 Å². The van der Waals surface area contributed by atoms with Crippen molar-refractivity contribution >= 4 is 11.3 Å². The maximum Gasteiger partial charge on any atom is 0.176 e. The van der Waals surface area contributed by atoms with Crippen molar-refractivity contribution in [2.45, 2.75) is 58.6 Å². The molecule has 0 bridgehead atoms. The van der Waals surface area contributed by atoms with Crippen molar-refractivity contribution in [2.24, 2.45) is 5.41 Å². The van der Waals surface area contributed by atoms with Crippen LogP contribution >= 0.6 is 11.3 Å². The molecule has 1 fully saturated rings. The zero-order valence-electron chi connectivity index (χ0n) is 20.1. The molecule has 1 saturated heterocycles. The van der Waals surface area contributed by atoms with E-state index in [2.05, 4.69) is 53.8 Å². The SMILES string of the molecule is CCOC(c1cccnc1)C1(CCc2ccc(F)s2)CCN(C(C)(C)c2ccc(C)nc2)C1. The van der Waals surface area contributed by atoms with E-state index in [1.54, 1.807) is 6.07 Å². The van der Waals surface area contributed by atoms with Crippen LogP contribution in [-0.2, 0) is 16.7 Å². The molecule has 1 aliphatic rings. The number of hydrogen-bond donors (Lipinski definition) is 0. The first-order chi connectivity index (χ1) is 15.8. The normalized spacial score (nSPS) is 20.3. The second-order valence-electron chi connectivity index (χ2n) is 9.61. The molecule has 1 aliphatic heterocycles. The molecule has 4 nitrogen and oxygen atoms in total. The highest BCUT2D eigenvalue weighted by molar-refractivity contribution is 7.10. The Morgan fingerprint density at radius 2 is 2.06 bits per heavy atom. The molecule has 0 N–H and O–H groups in total. The Morgan fingerprint density at radius 3 is 2.70 bits per heavy atom. The van der Waals surface area contributed by atoms with Crippen molar-refractivity contribution in [3.8, 4) is 0 Å². The number of rotatable bonds is 9. The minimum absolute atomic E-state index is 0.0575. The highest BCUT2D eigenvalue weighted by Crippen LogP contribution is 2.50. The largest absolute Gasteiger partial charge is 0.373 e. The molecule has 0 spiro atoms. The highest BCUT2D eigenvalue weighted by atomic mass is 32.1. The van der Waals surface area contributed by atoms with Gasteiger partial charge in [0.2, 0.25) is 0 Å². The zero-order valence-corrected chi connectivity index (χ0v) is 20.9. The number of aromatic nitrogens is 2. The van der Waals surface area contributed by atoms with Gasteiger partial charge >= 0.3 is 0 Å². The third-order valence-corrected chi connectivity index (χ3v) is 8.10. The molecule has 0 aromatic carbocycles. The second-order valence-corrected chi connectivity index (χ2v) is 10.7. The van der Waals surface area contributed by atoms with Gasteiger partial charge in [-0.25, -0.2) is 0 Å². The molecule has 2 unspecified atom stereocenters. The summed E-state index contributed by atoms with van der Waals surface area (Å²) in [6.07, 6.45) is 8.49. The van der Waals surface area contributed by atoms with E-state index >= 15 is 0 Å². The van der Waals surface area contributed by atoms with E-state index in [4.69, 9.17) is 4.74 Å². The maximum absolute atomic E-state index is 13.7.